The van der Waals surface area contributed by atoms with Gasteiger partial charge >= 0.3 is 0 Å². The first-order valence-corrected chi connectivity index (χ1v) is 11.0. The van der Waals surface area contributed by atoms with Crippen LogP contribution in [-0.2, 0) is 10.0 Å². The van der Waals surface area contributed by atoms with E-state index < -0.39 is 10.0 Å². The number of aryl methyl sites for hydroxylation is 1. The summed E-state index contributed by atoms with van der Waals surface area (Å²) < 4.78 is 28.4. The summed E-state index contributed by atoms with van der Waals surface area (Å²) >= 11 is 0. The maximum atomic E-state index is 12.9. The van der Waals surface area contributed by atoms with Crippen LogP contribution in [0.3, 0.4) is 0 Å². The Morgan fingerprint density at radius 3 is 2.41 bits per heavy atom. The second-order valence-electron chi connectivity index (χ2n) is 7.48. The Morgan fingerprint density at radius 1 is 1.15 bits per heavy atom. The first-order valence-electron chi connectivity index (χ1n) is 9.49. The number of nitrogens with one attached hydrogen (secondary N) is 2. The molecular formula is C19H30ClN3O3S. The molecular weight excluding hydrogens is 386 g/mol. The Morgan fingerprint density at radius 2 is 1.78 bits per heavy atom. The van der Waals surface area contributed by atoms with Crippen LogP contribution in [0.5, 0.6) is 0 Å². The van der Waals surface area contributed by atoms with Crippen LogP contribution in [0.2, 0.25) is 0 Å². The molecule has 2 fully saturated rings. The largest absolute Gasteiger partial charge is 0.339 e. The predicted molar refractivity (Wildman–Crippen MR) is 109 cm³/mol. The van der Waals surface area contributed by atoms with Gasteiger partial charge in [0.05, 0.1) is 4.90 Å². The van der Waals surface area contributed by atoms with Gasteiger partial charge in [-0.15, -0.1) is 12.4 Å². The quantitative estimate of drug-likeness (QED) is 0.774. The van der Waals surface area contributed by atoms with Crippen LogP contribution in [0.15, 0.2) is 23.1 Å². The number of benzene rings is 1. The summed E-state index contributed by atoms with van der Waals surface area (Å²) in [6.45, 7) is 3.58. The monoisotopic (exact) mass is 415 g/mol. The standard InChI is InChI=1S/C19H29N3O3S.ClH/c1-14-7-8-15(19(23)22(2)17-9-11-20-12-10-17)13-18(14)26(24,25)21-16-5-3-4-6-16;/h7-8,13,16-17,20-21H,3-6,9-12H2,1-2H3;1H. The Bertz CT molecular complexity index is 757. The summed E-state index contributed by atoms with van der Waals surface area (Å²) in [5.41, 5.74) is 1.10. The smallest absolute Gasteiger partial charge is 0.253 e. The third kappa shape index (κ3) is 5.22. The first kappa shape index (κ1) is 22.1. The summed E-state index contributed by atoms with van der Waals surface area (Å²) in [7, 11) is -1.80. The van der Waals surface area contributed by atoms with Gasteiger partial charge in [-0.25, -0.2) is 13.1 Å². The summed E-state index contributed by atoms with van der Waals surface area (Å²) in [6.07, 6.45) is 5.73. The van der Waals surface area contributed by atoms with Gasteiger partial charge in [-0.3, -0.25) is 4.79 Å². The molecule has 1 aliphatic carbocycles. The van der Waals surface area contributed by atoms with Crippen molar-refractivity contribution in [3.63, 3.8) is 0 Å². The summed E-state index contributed by atoms with van der Waals surface area (Å²) in [5, 5.41) is 3.29. The number of hydrogen-bond donors (Lipinski definition) is 2. The third-order valence-corrected chi connectivity index (χ3v) is 7.24. The Hall–Kier alpha value is -1.15. The lowest BCUT2D eigenvalue weighted by Crippen LogP contribution is -2.44. The molecule has 1 heterocycles. The maximum absolute atomic E-state index is 12.9. The molecule has 1 amide bonds. The summed E-state index contributed by atoms with van der Waals surface area (Å²) in [4.78, 5) is 14.8. The van der Waals surface area contributed by atoms with Crippen molar-refractivity contribution in [2.45, 2.75) is 62.4 Å². The Labute approximate surface area is 168 Å². The first-order chi connectivity index (χ1) is 12.4. The van der Waals surface area contributed by atoms with Crippen molar-refractivity contribution >= 4 is 28.3 Å². The number of hydrogen-bond acceptors (Lipinski definition) is 4. The number of amides is 1. The minimum Gasteiger partial charge on any atom is -0.339 e. The van der Waals surface area contributed by atoms with Gasteiger partial charge in [0.1, 0.15) is 0 Å². The molecule has 0 bridgehead atoms. The SMILES string of the molecule is Cc1ccc(C(=O)N(C)C2CCNCC2)cc1S(=O)(=O)NC1CCCC1.Cl. The zero-order chi connectivity index (χ0) is 18.7. The Kier molecular flexibility index (Phi) is 7.68. The van der Waals surface area contributed by atoms with Crippen LogP contribution in [0, 0.1) is 6.92 Å². The number of halogens is 1. The molecule has 2 aliphatic rings. The Balaban J connectivity index is 0.00000261. The van der Waals surface area contributed by atoms with E-state index in [1.807, 2.05) is 7.05 Å². The van der Waals surface area contributed by atoms with Gasteiger partial charge in [0.2, 0.25) is 10.0 Å². The zero-order valence-corrected chi connectivity index (χ0v) is 17.7. The fraction of sp³-hybridized carbons (Fsp3) is 0.632. The molecule has 8 heteroatoms. The molecule has 1 saturated heterocycles. The number of piperidine rings is 1. The molecule has 0 atom stereocenters. The van der Waals surface area contributed by atoms with E-state index in [0.717, 1.165) is 51.6 Å². The van der Waals surface area contributed by atoms with Gasteiger partial charge in [0, 0.05) is 24.7 Å². The molecule has 0 unspecified atom stereocenters. The van der Waals surface area contributed by atoms with Crippen molar-refractivity contribution in [1.82, 2.24) is 14.9 Å². The lowest BCUT2D eigenvalue weighted by atomic mass is 10.0. The van der Waals surface area contributed by atoms with Crippen molar-refractivity contribution in [3.8, 4) is 0 Å². The van der Waals surface area contributed by atoms with Gasteiger partial charge in [-0.1, -0.05) is 18.9 Å². The van der Waals surface area contributed by atoms with E-state index in [1.54, 1.807) is 24.0 Å². The topological polar surface area (TPSA) is 78.5 Å². The molecule has 3 rings (SSSR count). The van der Waals surface area contributed by atoms with Crippen LogP contribution in [-0.4, -0.2) is 51.4 Å². The van der Waals surface area contributed by atoms with Crippen molar-refractivity contribution in [2.75, 3.05) is 20.1 Å². The van der Waals surface area contributed by atoms with E-state index in [1.165, 1.54) is 6.07 Å². The molecule has 6 nitrogen and oxygen atoms in total. The molecule has 2 N–H and O–H groups in total. The van der Waals surface area contributed by atoms with Gasteiger partial charge in [0.25, 0.3) is 5.91 Å². The zero-order valence-electron chi connectivity index (χ0n) is 16.0. The molecule has 27 heavy (non-hydrogen) atoms. The fourth-order valence-corrected chi connectivity index (χ4v) is 5.49. The van der Waals surface area contributed by atoms with Gasteiger partial charge in [-0.05, 0) is 63.4 Å². The van der Waals surface area contributed by atoms with Crippen LogP contribution in [0.1, 0.15) is 54.4 Å². The lowest BCUT2D eigenvalue weighted by molar-refractivity contribution is 0.0703. The number of sulfonamides is 1. The highest BCUT2D eigenvalue weighted by atomic mass is 35.5. The highest BCUT2D eigenvalue weighted by Crippen LogP contribution is 2.23. The third-order valence-electron chi connectivity index (χ3n) is 5.58. The van der Waals surface area contributed by atoms with E-state index in [4.69, 9.17) is 0 Å². The molecule has 0 radical (unpaired) electrons. The van der Waals surface area contributed by atoms with Gasteiger partial charge in [0.15, 0.2) is 0 Å². The van der Waals surface area contributed by atoms with Crippen LogP contribution >= 0.6 is 12.4 Å². The van der Waals surface area contributed by atoms with Gasteiger partial charge in [-0.2, -0.15) is 0 Å². The number of rotatable bonds is 5. The summed E-state index contributed by atoms with van der Waals surface area (Å²) in [6, 6.07) is 5.20. The van der Waals surface area contributed by atoms with Crippen LogP contribution in [0.4, 0.5) is 0 Å². The molecule has 1 saturated carbocycles. The van der Waals surface area contributed by atoms with Crippen LogP contribution in [0.25, 0.3) is 0 Å². The highest BCUT2D eigenvalue weighted by molar-refractivity contribution is 7.89. The predicted octanol–water partition coefficient (Wildman–Crippen LogP) is 2.46. The molecule has 152 valence electrons. The second-order valence-corrected chi connectivity index (χ2v) is 9.16. The minimum atomic E-state index is -3.61. The van der Waals surface area contributed by atoms with Crippen LogP contribution < -0.4 is 10.0 Å². The second kappa shape index (κ2) is 9.37. The minimum absolute atomic E-state index is 0. The molecule has 1 aliphatic heterocycles. The van der Waals surface area contributed by atoms with Crippen molar-refractivity contribution in [1.29, 1.82) is 0 Å². The normalized spacial score (nSPS) is 18.9. The van der Waals surface area contributed by atoms with E-state index in [9.17, 15) is 13.2 Å². The fourth-order valence-electron chi connectivity index (χ4n) is 3.91. The average Bonchev–Trinajstić information content (AvgIpc) is 3.13. The molecule has 1 aromatic rings. The van der Waals surface area contributed by atoms with Crippen molar-refractivity contribution in [2.24, 2.45) is 0 Å². The maximum Gasteiger partial charge on any atom is 0.253 e. The highest BCUT2D eigenvalue weighted by Gasteiger charge is 2.27. The van der Waals surface area contributed by atoms with Crippen molar-refractivity contribution < 1.29 is 13.2 Å². The summed E-state index contributed by atoms with van der Waals surface area (Å²) in [5.74, 6) is -0.116. The molecule has 0 spiro atoms. The number of nitrogens with zero attached hydrogens (tertiary/aromatic N) is 1. The van der Waals surface area contributed by atoms with E-state index in [0.29, 0.717) is 11.1 Å². The van der Waals surface area contributed by atoms with E-state index in [-0.39, 0.29) is 35.3 Å². The number of carbonyl (C=O) groups is 1. The van der Waals surface area contributed by atoms with Crippen molar-refractivity contribution in [3.05, 3.63) is 29.3 Å². The van der Waals surface area contributed by atoms with E-state index >= 15 is 0 Å². The lowest BCUT2D eigenvalue weighted by Gasteiger charge is -2.31. The molecule has 0 aromatic heterocycles. The van der Waals surface area contributed by atoms with E-state index in [2.05, 4.69) is 10.0 Å². The van der Waals surface area contributed by atoms with Gasteiger partial charge < -0.3 is 10.2 Å². The average molecular weight is 416 g/mol. The number of carbonyl (C=O) groups excluding carboxylic acids is 1. The molecule has 1 aromatic carbocycles.